The third kappa shape index (κ3) is 4.25. The zero-order chi connectivity index (χ0) is 15.3. The van der Waals surface area contributed by atoms with Crippen LogP contribution in [0.3, 0.4) is 0 Å². The largest absolute Gasteiger partial charge is 0.388 e. The average Bonchev–Trinajstić information content (AvgIpc) is 2.53. The number of hydrogen-bond donors (Lipinski definition) is 1. The molecule has 1 aliphatic heterocycles. The summed E-state index contributed by atoms with van der Waals surface area (Å²) >= 11 is 0. The number of aliphatic hydroxyl groups is 1. The molecular formula is C15H22FNO3S. The van der Waals surface area contributed by atoms with Crippen LogP contribution in [0.5, 0.6) is 0 Å². The Balaban J connectivity index is 1.91. The quantitative estimate of drug-likeness (QED) is 0.875. The van der Waals surface area contributed by atoms with Crippen LogP contribution in [-0.4, -0.2) is 43.3 Å². The lowest BCUT2D eigenvalue weighted by atomic mass is 9.88. The standard InChI is InChI=1S/C15H22FNO3S/c16-9-4-12-21(19,20)17-10-7-14(8-11-17)15(18)13-5-2-1-3-6-13/h1-3,5-6,14-15,18H,4,7-12H2. The van der Waals surface area contributed by atoms with Gasteiger partial charge in [0.1, 0.15) is 0 Å². The predicted octanol–water partition coefficient (Wildman–Crippen LogP) is 2.12. The normalized spacial score (nSPS) is 19.5. The minimum absolute atomic E-state index is 0.0505. The highest BCUT2D eigenvalue weighted by molar-refractivity contribution is 7.89. The summed E-state index contributed by atoms with van der Waals surface area (Å²) < 4.78 is 37.5. The summed E-state index contributed by atoms with van der Waals surface area (Å²) in [5, 5.41) is 10.4. The maximum absolute atomic E-state index is 12.1. The van der Waals surface area contributed by atoms with E-state index >= 15 is 0 Å². The highest BCUT2D eigenvalue weighted by Crippen LogP contribution is 2.31. The fraction of sp³-hybridized carbons (Fsp3) is 0.600. The minimum Gasteiger partial charge on any atom is -0.388 e. The summed E-state index contributed by atoms with van der Waals surface area (Å²) in [6.07, 6.45) is 0.756. The first-order chi connectivity index (χ1) is 10.0. The number of piperidine rings is 1. The summed E-state index contributed by atoms with van der Waals surface area (Å²) in [7, 11) is -3.35. The van der Waals surface area contributed by atoms with E-state index < -0.39 is 22.8 Å². The molecule has 118 valence electrons. The Kier molecular flexibility index (Phi) is 5.72. The van der Waals surface area contributed by atoms with Crippen LogP contribution >= 0.6 is 0 Å². The van der Waals surface area contributed by atoms with E-state index in [9.17, 15) is 17.9 Å². The van der Waals surface area contributed by atoms with Crippen LogP contribution in [-0.2, 0) is 10.0 Å². The van der Waals surface area contributed by atoms with Gasteiger partial charge in [0.2, 0.25) is 10.0 Å². The van der Waals surface area contributed by atoms with Gasteiger partial charge in [-0.3, -0.25) is 4.39 Å². The Morgan fingerprint density at radius 3 is 2.43 bits per heavy atom. The van der Waals surface area contributed by atoms with Crippen molar-refractivity contribution in [2.75, 3.05) is 25.5 Å². The molecule has 1 heterocycles. The van der Waals surface area contributed by atoms with E-state index in [0.717, 1.165) is 5.56 Å². The molecule has 1 aliphatic rings. The molecule has 1 saturated heterocycles. The van der Waals surface area contributed by atoms with E-state index in [2.05, 4.69) is 0 Å². The first-order valence-electron chi connectivity index (χ1n) is 7.31. The van der Waals surface area contributed by atoms with Gasteiger partial charge in [0, 0.05) is 13.1 Å². The average molecular weight is 315 g/mol. The molecule has 1 aromatic rings. The van der Waals surface area contributed by atoms with Crippen LogP contribution in [0, 0.1) is 5.92 Å². The Morgan fingerprint density at radius 1 is 1.24 bits per heavy atom. The molecule has 21 heavy (non-hydrogen) atoms. The molecule has 6 heteroatoms. The van der Waals surface area contributed by atoms with Gasteiger partial charge in [-0.15, -0.1) is 0 Å². The van der Waals surface area contributed by atoms with Gasteiger partial charge in [-0.2, -0.15) is 0 Å². The SMILES string of the molecule is O=S(=O)(CCCF)N1CCC(C(O)c2ccccc2)CC1. The second-order valence-electron chi connectivity index (χ2n) is 5.45. The van der Waals surface area contributed by atoms with Crippen LogP contribution in [0.4, 0.5) is 4.39 Å². The number of alkyl halides is 1. The zero-order valence-electron chi connectivity index (χ0n) is 12.0. The monoisotopic (exact) mass is 315 g/mol. The van der Waals surface area contributed by atoms with Crippen molar-refractivity contribution in [2.24, 2.45) is 5.92 Å². The van der Waals surface area contributed by atoms with Crippen molar-refractivity contribution < 1.29 is 17.9 Å². The van der Waals surface area contributed by atoms with E-state index in [0.29, 0.717) is 25.9 Å². The van der Waals surface area contributed by atoms with Crippen LogP contribution in [0.25, 0.3) is 0 Å². The maximum Gasteiger partial charge on any atom is 0.214 e. The number of sulfonamides is 1. The van der Waals surface area contributed by atoms with Crippen LogP contribution in [0.2, 0.25) is 0 Å². The maximum atomic E-state index is 12.1. The van der Waals surface area contributed by atoms with Crippen LogP contribution in [0.1, 0.15) is 30.9 Å². The van der Waals surface area contributed by atoms with E-state index in [1.165, 1.54) is 4.31 Å². The highest BCUT2D eigenvalue weighted by atomic mass is 32.2. The minimum atomic E-state index is -3.35. The van der Waals surface area contributed by atoms with Gasteiger partial charge in [0.15, 0.2) is 0 Å². The van der Waals surface area contributed by atoms with Crippen molar-refractivity contribution in [3.63, 3.8) is 0 Å². The molecule has 1 atom stereocenters. The molecule has 1 unspecified atom stereocenters. The molecule has 0 amide bonds. The number of benzene rings is 1. The molecule has 0 aromatic heterocycles. The molecule has 2 rings (SSSR count). The summed E-state index contributed by atoms with van der Waals surface area (Å²) in [4.78, 5) is 0. The highest BCUT2D eigenvalue weighted by Gasteiger charge is 2.31. The smallest absolute Gasteiger partial charge is 0.214 e. The molecule has 1 N–H and O–H groups in total. The molecule has 0 saturated carbocycles. The third-order valence-electron chi connectivity index (χ3n) is 4.02. The first-order valence-corrected chi connectivity index (χ1v) is 8.92. The van der Waals surface area contributed by atoms with E-state index in [1.807, 2.05) is 30.3 Å². The fourth-order valence-corrected chi connectivity index (χ4v) is 4.26. The topological polar surface area (TPSA) is 57.6 Å². The van der Waals surface area contributed by atoms with Crippen molar-refractivity contribution in [1.82, 2.24) is 4.31 Å². The summed E-state index contributed by atoms with van der Waals surface area (Å²) in [5.74, 6) is -0.0601. The number of rotatable bonds is 6. The lowest BCUT2D eigenvalue weighted by molar-refractivity contribution is 0.0760. The molecule has 1 aromatic carbocycles. The molecular weight excluding hydrogens is 293 g/mol. The Morgan fingerprint density at radius 2 is 1.86 bits per heavy atom. The molecule has 0 radical (unpaired) electrons. The first kappa shape index (κ1) is 16.4. The molecule has 0 bridgehead atoms. The molecule has 4 nitrogen and oxygen atoms in total. The molecule has 1 fully saturated rings. The van der Waals surface area contributed by atoms with E-state index in [4.69, 9.17) is 0 Å². The van der Waals surface area contributed by atoms with Gasteiger partial charge in [0.05, 0.1) is 18.5 Å². The van der Waals surface area contributed by atoms with Gasteiger partial charge in [-0.25, -0.2) is 12.7 Å². The van der Waals surface area contributed by atoms with Crippen molar-refractivity contribution in [2.45, 2.75) is 25.4 Å². The van der Waals surface area contributed by atoms with Crippen molar-refractivity contribution >= 4 is 10.0 Å². The number of hydrogen-bond acceptors (Lipinski definition) is 3. The van der Waals surface area contributed by atoms with Gasteiger partial charge < -0.3 is 5.11 Å². The zero-order valence-corrected chi connectivity index (χ0v) is 12.8. The lowest BCUT2D eigenvalue weighted by Gasteiger charge is -2.33. The predicted molar refractivity (Wildman–Crippen MR) is 80.1 cm³/mol. The van der Waals surface area contributed by atoms with Gasteiger partial charge >= 0.3 is 0 Å². The van der Waals surface area contributed by atoms with Crippen LogP contribution < -0.4 is 0 Å². The van der Waals surface area contributed by atoms with Crippen LogP contribution in [0.15, 0.2) is 30.3 Å². The summed E-state index contributed by atoms with van der Waals surface area (Å²) in [5.41, 5.74) is 0.872. The summed E-state index contributed by atoms with van der Waals surface area (Å²) in [6.45, 7) is 0.203. The Bertz CT molecular complexity index is 527. The molecule has 0 aliphatic carbocycles. The number of halogens is 1. The second kappa shape index (κ2) is 7.33. The molecule has 0 spiro atoms. The van der Waals surface area contributed by atoms with E-state index in [-0.39, 0.29) is 18.1 Å². The van der Waals surface area contributed by atoms with E-state index in [1.54, 1.807) is 0 Å². The number of aliphatic hydroxyl groups excluding tert-OH is 1. The van der Waals surface area contributed by atoms with Gasteiger partial charge in [-0.05, 0) is 30.7 Å². The van der Waals surface area contributed by atoms with Crippen molar-refractivity contribution in [3.8, 4) is 0 Å². The third-order valence-corrected chi connectivity index (χ3v) is 5.97. The van der Waals surface area contributed by atoms with Gasteiger partial charge in [0.25, 0.3) is 0 Å². The summed E-state index contributed by atoms with van der Waals surface area (Å²) in [6, 6.07) is 9.44. The fourth-order valence-electron chi connectivity index (χ4n) is 2.76. The van der Waals surface area contributed by atoms with Crippen molar-refractivity contribution in [3.05, 3.63) is 35.9 Å². The lowest BCUT2D eigenvalue weighted by Crippen LogP contribution is -2.40. The Hall–Kier alpha value is -0.980. The van der Waals surface area contributed by atoms with Gasteiger partial charge in [-0.1, -0.05) is 30.3 Å². The Labute approximate surface area is 125 Å². The second-order valence-corrected chi connectivity index (χ2v) is 7.54. The number of nitrogens with zero attached hydrogens (tertiary/aromatic N) is 1. The van der Waals surface area contributed by atoms with Crippen molar-refractivity contribution in [1.29, 1.82) is 0 Å².